The van der Waals surface area contributed by atoms with Gasteiger partial charge in [-0.1, -0.05) is 0 Å². The van der Waals surface area contributed by atoms with Gasteiger partial charge in [-0.2, -0.15) is 0 Å². The van der Waals surface area contributed by atoms with Crippen LogP contribution in [0.1, 0.15) is 20.3 Å². The van der Waals surface area contributed by atoms with Crippen molar-refractivity contribution < 1.29 is 10.2 Å². The molecule has 1 rings (SSSR count). The summed E-state index contributed by atoms with van der Waals surface area (Å²) in [7, 11) is 0. The minimum atomic E-state index is -0.357. The zero-order chi connectivity index (χ0) is 10.8. The van der Waals surface area contributed by atoms with E-state index < -0.39 is 0 Å². The van der Waals surface area contributed by atoms with Crippen molar-refractivity contribution in [2.45, 2.75) is 31.9 Å². The largest absolute Gasteiger partial charge is 0.396 e. The van der Waals surface area contributed by atoms with Gasteiger partial charge in [0.05, 0.1) is 6.10 Å². The molecular formula is C10H22N2O2. The molecule has 0 aromatic heterocycles. The lowest BCUT2D eigenvalue weighted by molar-refractivity contribution is -0.0299. The van der Waals surface area contributed by atoms with E-state index in [-0.39, 0.29) is 24.2 Å². The average Bonchev–Trinajstić information content (AvgIpc) is 2.18. The van der Waals surface area contributed by atoms with E-state index in [4.69, 9.17) is 10.8 Å². The highest BCUT2D eigenvalue weighted by atomic mass is 16.3. The summed E-state index contributed by atoms with van der Waals surface area (Å²) in [5.41, 5.74) is 5.66. The van der Waals surface area contributed by atoms with Crippen LogP contribution in [0.5, 0.6) is 0 Å². The second-order valence-corrected chi connectivity index (χ2v) is 4.76. The molecule has 1 saturated heterocycles. The summed E-state index contributed by atoms with van der Waals surface area (Å²) in [6, 6.07) is 0. The number of hydrogen-bond acceptors (Lipinski definition) is 4. The van der Waals surface area contributed by atoms with Gasteiger partial charge in [0.15, 0.2) is 0 Å². The molecule has 2 unspecified atom stereocenters. The third kappa shape index (κ3) is 2.45. The number of aliphatic hydroxyl groups excluding tert-OH is 2. The molecule has 14 heavy (non-hydrogen) atoms. The van der Waals surface area contributed by atoms with Gasteiger partial charge in [-0.3, -0.25) is 4.90 Å². The summed E-state index contributed by atoms with van der Waals surface area (Å²) in [5.74, 6) is -0.0189. The topological polar surface area (TPSA) is 69.7 Å². The van der Waals surface area contributed by atoms with Gasteiger partial charge in [0.1, 0.15) is 0 Å². The van der Waals surface area contributed by atoms with Crippen molar-refractivity contribution in [2.24, 2.45) is 11.7 Å². The van der Waals surface area contributed by atoms with Crippen LogP contribution in [-0.4, -0.2) is 53.0 Å². The molecule has 4 N–H and O–H groups in total. The monoisotopic (exact) mass is 202 g/mol. The lowest BCUT2D eigenvalue weighted by atomic mass is 9.91. The van der Waals surface area contributed by atoms with Gasteiger partial charge in [0.25, 0.3) is 0 Å². The van der Waals surface area contributed by atoms with Gasteiger partial charge in [-0.15, -0.1) is 0 Å². The van der Waals surface area contributed by atoms with Crippen molar-refractivity contribution in [3.8, 4) is 0 Å². The van der Waals surface area contributed by atoms with Crippen LogP contribution in [0, 0.1) is 5.92 Å². The van der Waals surface area contributed by atoms with Crippen LogP contribution < -0.4 is 5.73 Å². The van der Waals surface area contributed by atoms with Gasteiger partial charge in [0.2, 0.25) is 0 Å². The van der Waals surface area contributed by atoms with Gasteiger partial charge in [-0.25, -0.2) is 0 Å². The molecule has 84 valence electrons. The summed E-state index contributed by atoms with van der Waals surface area (Å²) < 4.78 is 0. The Balaban J connectivity index is 2.58. The fourth-order valence-electron chi connectivity index (χ4n) is 1.88. The minimum Gasteiger partial charge on any atom is -0.396 e. The first kappa shape index (κ1) is 11.9. The predicted molar refractivity (Wildman–Crippen MR) is 55.9 cm³/mol. The van der Waals surface area contributed by atoms with Gasteiger partial charge in [-0.05, 0) is 20.3 Å². The van der Waals surface area contributed by atoms with Crippen LogP contribution in [0.2, 0.25) is 0 Å². The third-order valence-corrected chi connectivity index (χ3v) is 3.28. The fourth-order valence-corrected chi connectivity index (χ4v) is 1.88. The van der Waals surface area contributed by atoms with Crippen molar-refractivity contribution in [3.05, 3.63) is 0 Å². The van der Waals surface area contributed by atoms with Crippen molar-refractivity contribution in [3.63, 3.8) is 0 Å². The first-order valence-corrected chi connectivity index (χ1v) is 5.25. The standard InChI is InChI=1S/C10H22N2O2/c1-10(2,7-11)12-4-3-9(14)8(5-12)6-13/h8-9,13-14H,3-7,11H2,1-2H3. The Morgan fingerprint density at radius 3 is 2.64 bits per heavy atom. The van der Waals surface area contributed by atoms with Crippen LogP contribution in [0.15, 0.2) is 0 Å². The molecule has 0 aromatic carbocycles. The molecule has 0 amide bonds. The lowest BCUT2D eigenvalue weighted by Crippen LogP contribution is -2.56. The average molecular weight is 202 g/mol. The van der Waals surface area contributed by atoms with E-state index in [2.05, 4.69) is 18.7 Å². The van der Waals surface area contributed by atoms with Crippen molar-refractivity contribution in [2.75, 3.05) is 26.2 Å². The molecule has 4 heteroatoms. The first-order valence-electron chi connectivity index (χ1n) is 5.25. The van der Waals surface area contributed by atoms with Crippen LogP contribution in [0.3, 0.4) is 0 Å². The second kappa shape index (κ2) is 4.57. The van der Waals surface area contributed by atoms with Gasteiger partial charge < -0.3 is 15.9 Å². The molecule has 1 aliphatic rings. The number of piperidine rings is 1. The SMILES string of the molecule is CC(C)(CN)N1CCC(O)C(CO)C1. The predicted octanol–water partition coefficient (Wildman–Crippen LogP) is -0.601. The van der Waals surface area contributed by atoms with E-state index >= 15 is 0 Å². The van der Waals surface area contributed by atoms with Crippen LogP contribution in [0.4, 0.5) is 0 Å². The van der Waals surface area contributed by atoms with Gasteiger partial charge in [0, 0.05) is 37.7 Å². The van der Waals surface area contributed by atoms with E-state index in [0.29, 0.717) is 6.54 Å². The number of likely N-dealkylation sites (tertiary alicyclic amines) is 1. The molecule has 0 spiro atoms. The Bertz CT molecular complexity index is 185. The number of nitrogens with two attached hydrogens (primary N) is 1. The minimum absolute atomic E-state index is 0.0189. The molecule has 1 heterocycles. The molecule has 2 atom stereocenters. The fraction of sp³-hybridized carbons (Fsp3) is 1.00. The zero-order valence-corrected chi connectivity index (χ0v) is 9.11. The van der Waals surface area contributed by atoms with Crippen molar-refractivity contribution in [1.82, 2.24) is 4.90 Å². The highest BCUT2D eigenvalue weighted by Crippen LogP contribution is 2.23. The molecule has 0 aromatic rings. The van der Waals surface area contributed by atoms with Gasteiger partial charge >= 0.3 is 0 Å². The molecule has 0 radical (unpaired) electrons. The summed E-state index contributed by atoms with van der Waals surface area (Å²) in [6.45, 7) is 6.45. The highest BCUT2D eigenvalue weighted by molar-refractivity contribution is 4.89. The van der Waals surface area contributed by atoms with Crippen LogP contribution in [0.25, 0.3) is 0 Å². The molecule has 0 saturated carbocycles. The zero-order valence-electron chi connectivity index (χ0n) is 9.11. The van der Waals surface area contributed by atoms with Crippen molar-refractivity contribution in [1.29, 1.82) is 0 Å². The Labute approximate surface area is 85.7 Å². The summed E-state index contributed by atoms with van der Waals surface area (Å²) in [5, 5.41) is 18.7. The van der Waals surface area contributed by atoms with E-state index in [0.717, 1.165) is 19.5 Å². The summed E-state index contributed by atoms with van der Waals surface area (Å²) >= 11 is 0. The maximum Gasteiger partial charge on any atom is 0.0614 e. The Hall–Kier alpha value is -0.160. The molecule has 1 fully saturated rings. The van der Waals surface area contributed by atoms with E-state index in [1.165, 1.54) is 0 Å². The Morgan fingerprint density at radius 1 is 1.50 bits per heavy atom. The van der Waals surface area contributed by atoms with Crippen LogP contribution in [-0.2, 0) is 0 Å². The summed E-state index contributed by atoms with van der Waals surface area (Å²) in [6.07, 6.45) is 0.374. The molecule has 0 aliphatic carbocycles. The Kier molecular flexibility index (Phi) is 3.89. The third-order valence-electron chi connectivity index (χ3n) is 3.28. The lowest BCUT2D eigenvalue weighted by Gasteiger charge is -2.44. The molecule has 1 aliphatic heterocycles. The van der Waals surface area contributed by atoms with E-state index in [1.54, 1.807) is 0 Å². The first-order chi connectivity index (χ1) is 6.51. The number of hydrogen-bond donors (Lipinski definition) is 3. The van der Waals surface area contributed by atoms with E-state index in [1.807, 2.05) is 0 Å². The second-order valence-electron chi connectivity index (χ2n) is 4.76. The smallest absolute Gasteiger partial charge is 0.0614 e. The maximum absolute atomic E-state index is 9.61. The van der Waals surface area contributed by atoms with E-state index in [9.17, 15) is 5.11 Å². The number of rotatable bonds is 3. The Morgan fingerprint density at radius 2 is 2.14 bits per heavy atom. The quantitative estimate of drug-likeness (QED) is 0.571. The molecule has 4 nitrogen and oxygen atoms in total. The molecule has 0 bridgehead atoms. The highest BCUT2D eigenvalue weighted by Gasteiger charge is 2.34. The number of aliphatic hydroxyl groups is 2. The summed E-state index contributed by atoms with van der Waals surface area (Å²) in [4.78, 5) is 2.25. The van der Waals surface area contributed by atoms with Crippen LogP contribution >= 0.6 is 0 Å². The number of nitrogens with zero attached hydrogens (tertiary/aromatic N) is 1. The maximum atomic E-state index is 9.61. The van der Waals surface area contributed by atoms with Crippen molar-refractivity contribution >= 4 is 0 Å². The normalized spacial score (nSPS) is 30.6. The molecular weight excluding hydrogens is 180 g/mol.